The molecule has 0 unspecified atom stereocenters. The van der Waals surface area contributed by atoms with Gasteiger partial charge in [-0.25, -0.2) is 8.42 Å². The van der Waals surface area contributed by atoms with E-state index in [2.05, 4.69) is 15.9 Å². The second-order valence-corrected chi connectivity index (χ2v) is 8.62. The highest BCUT2D eigenvalue weighted by atomic mass is 79.9. The molecule has 1 aromatic heterocycles. The molecule has 102 valence electrons. The van der Waals surface area contributed by atoms with Gasteiger partial charge < -0.3 is 5.11 Å². The molecule has 0 spiro atoms. The van der Waals surface area contributed by atoms with Gasteiger partial charge in [-0.15, -0.1) is 11.3 Å². The van der Waals surface area contributed by atoms with Crippen LogP contribution >= 0.6 is 38.9 Å². The number of carboxylic acid groups (broad SMARTS) is 1. The number of thiophene rings is 1. The highest BCUT2D eigenvalue weighted by Crippen LogP contribution is 2.36. The van der Waals surface area contributed by atoms with E-state index in [1.807, 2.05) is 0 Å². The molecule has 1 N–H and O–H groups in total. The lowest BCUT2D eigenvalue weighted by molar-refractivity contribution is -0.137. The monoisotopic (exact) mass is 375 g/mol. The zero-order valence-corrected chi connectivity index (χ0v) is 13.5. The number of aliphatic carboxylic acids is 1. The van der Waals surface area contributed by atoms with E-state index in [1.54, 1.807) is 13.8 Å². The molecule has 0 amide bonds. The smallest absolute Gasteiger partial charge is 0.318 e. The van der Waals surface area contributed by atoms with Crippen molar-refractivity contribution in [2.45, 2.75) is 24.1 Å². The molecule has 0 atom stereocenters. The second-order valence-electron chi connectivity index (χ2n) is 3.72. The summed E-state index contributed by atoms with van der Waals surface area (Å²) in [5, 5.41) is 9.05. The average molecular weight is 377 g/mol. The van der Waals surface area contributed by atoms with Crippen molar-refractivity contribution in [2.24, 2.45) is 0 Å². The van der Waals surface area contributed by atoms with Crippen molar-refractivity contribution in [1.82, 2.24) is 4.31 Å². The zero-order chi connectivity index (χ0) is 14.1. The maximum atomic E-state index is 12.3. The summed E-state index contributed by atoms with van der Waals surface area (Å²) < 4.78 is 26.0. The molecule has 0 saturated carbocycles. The number of hydrogen-bond acceptors (Lipinski definition) is 4. The minimum atomic E-state index is -3.84. The molecule has 0 saturated heterocycles. The molecule has 0 bridgehead atoms. The fourth-order valence-electron chi connectivity index (χ4n) is 1.25. The molecule has 0 aromatic carbocycles. The Labute approximate surface area is 123 Å². The third-order valence-electron chi connectivity index (χ3n) is 2.05. The Hall–Kier alpha value is -0.150. The van der Waals surface area contributed by atoms with Crippen LogP contribution in [0, 0.1) is 0 Å². The molecule has 1 heterocycles. The van der Waals surface area contributed by atoms with Crippen molar-refractivity contribution < 1.29 is 18.3 Å². The molecule has 18 heavy (non-hydrogen) atoms. The Kier molecular flexibility index (Phi) is 5.19. The largest absolute Gasteiger partial charge is 0.480 e. The molecular weight excluding hydrogens is 366 g/mol. The molecule has 0 aliphatic carbocycles. The number of halogens is 2. The van der Waals surface area contributed by atoms with Crippen LogP contribution < -0.4 is 0 Å². The van der Waals surface area contributed by atoms with Crippen molar-refractivity contribution in [3.05, 3.63) is 14.9 Å². The van der Waals surface area contributed by atoms with Gasteiger partial charge >= 0.3 is 5.97 Å². The lowest BCUT2D eigenvalue weighted by Crippen LogP contribution is -2.40. The molecule has 5 nitrogen and oxygen atoms in total. The summed E-state index contributed by atoms with van der Waals surface area (Å²) in [6.45, 7) is 2.66. The molecule has 1 rings (SSSR count). The predicted molar refractivity (Wildman–Crippen MR) is 73.7 cm³/mol. The number of carboxylic acids is 1. The number of sulfonamides is 1. The third-order valence-corrected chi connectivity index (χ3v) is 7.00. The summed E-state index contributed by atoms with van der Waals surface area (Å²) in [6, 6.07) is 0.855. The molecule has 0 radical (unpaired) electrons. The van der Waals surface area contributed by atoms with E-state index in [-0.39, 0.29) is 9.23 Å². The summed E-state index contributed by atoms with van der Waals surface area (Å²) >= 11 is 9.88. The first-order valence-electron chi connectivity index (χ1n) is 4.84. The van der Waals surface area contributed by atoms with Crippen molar-refractivity contribution in [2.75, 3.05) is 6.54 Å². The SMILES string of the molecule is CC(C)N(CC(=O)O)S(=O)(=O)c1cc(Cl)c(Br)s1. The Bertz CT molecular complexity index is 535. The van der Waals surface area contributed by atoms with E-state index >= 15 is 0 Å². The van der Waals surface area contributed by atoms with Gasteiger partial charge in [0.1, 0.15) is 10.8 Å². The number of carbonyl (C=O) groups is 1. The lowest BCUT2D eigenvalue weighted by atomic mass is 10.4. The van der Waals surface area contributed by atoms with Crippen molar-refractivity contribution in [1.29, 1.82) is 0 Å². The van der Waals surface area contributed by atoms with Crippen LogP contribution in [0.25, 0.3) is 0 Å². The van der Waals surface area contributed by atoms with Gasteiger partial charge in [0.2, 0.25) is 0 Å². The first kappa shape index (κ1) is 15.9. The summed E-state index contributed by atoms with van der Waals surface area (Å²) in [4.78, 5) is 10.7. The van der Waals surface area contributed by atoms with E-state index < -0.39 is 28.6 Å². The standard InChI is InChI=1S/C9H11BrClNO4S2/c1-5(2)12(4-7(13)14)18(15,16)8-3-6(11)9(10)17-8/h3,5H,4H2,1-2H3,(H,13,14). The Morgan fingerprint density at radius 3 is 2.50 bits per heavy atom. The van der Waals surface area contributed by atoms with E-state index in [0.717, 1.165) is 15.6 Å². The van der Waals surface area contributed by atoms with Crippen LogP contribution in [0.2, 0.25) is 5.02 Å². The number of nitrogens with zero attached hydrogens (tertiary/aromatic N) is 1. The maximum Gasteiger partial charge on any atom is 0.318 e. The molecular formula is C9H11BrClNO4S2. The average Bonchev–Trinajstić information content (AvgIpc) is 2.55. The summed E-state index contributed by atoms with van der Waals surface area (Å²) in [5.41, 5.74) is 0. The van der Waals surface area contributed by atoms with Gasteiger partial charge in [-0.05, 0) is 35.8 Å². The molecule has 0 fully saturated rings. The van der Waals surface area contributed by atoms with Gasteiger partial charge in [0.25, 0.3) is 10.0 Å². The topological polar surface area (TPSA) is 74.7 Å². The Morgan fingerprint density at radius 1 is 1.61 bits per heavy atom. The van der Waals surface area contributed by atoms with Crippen LogP contribution in [0.3, 0.4) is 0 Å². The highest BCUT2D eigenvalue weighted by Gasteiger charge is 2.31. The van der Waals surface area contributed by atoms with Crippen LogP contribution in [0.4, 0.5) is 0 Å². The van der Waals surface area contributed by atoms with Crippen molar-refractivity contribution in [3.63, 3.8) is 0 Å². The Morgan fingerprint density at radius 2 is 2.17 bits per heavy atom. The first-order chi connectivity index (χ1) is 8.16. The molecule has 0 aliphatic rings. The lowest BCUT2D eigenvalue weighted by Gasteiger charge is -2.23. The van der Waals surface area contributed by atoms with Crippen molar-refractivity contribution in [3.8, 4) is 0 Å². The van der Waals surface area contributed by atoms with Crippen LogP contribution in [0.15, 0.2) is 14.1 Å². The van der Waals surface area contributed by atoms with E-state index in [1.165, 1.54) is 6.07 Å². The first-order valence-corrected chi connectivity index (χ1v) is 8.27. The normalized spacial score (nSPS) is 12.3. The summed E-state index contributed by atoms with van der Waals surface area (Å²) in [6.07, 6.45) is 0. The number of hydrogen-bond donors (Lipinski definition) is 1. The molecule has 1 aromatic rings. The van der Waals surface area contributed by atoms with Gasteiger partial charge in [0.05, 0.1) is 8.81 Å². The van der Waals surface area contributed by atoms with E-state index in [0.29, 0.717) is 3.79 Å². The highest BCUT2D eigenvalue weighted by molar-refractivity contribution is 9.11. The fraction of sp³-hybridized carbons (Fsp3) is 0.444. The second kappa shape index (κ2) is 5.87. The van der Waals surface area contributed by atoms with Crippen LogP contribution in [0.1, 0.15) is 13.8 Å². The summed E-state index contributed by atoms with van der Waals surface area (Å²) in [7, 11) is -3.84. The van der Waals surface area contributed by atoms with E-state index in [9.17, 15) is 13.2 Å². The van der Waals surface area contributed by atoms with Crippen LogP contribution in [0.5, 0.6) is 0 Å². The summed E-state index contributed by atoms with van der Waals surface area (Å²) in [5.74, 6) is -1.20. The van der Waals surface area contributed by atoms with Gasteiger partial charge in [0.15, 0.2) is 0 Å². The fourth-order valence-corrected chi connectivity index (χ4v) is 5.36. The molecule has 0 aliphatic heterocycles. The number of rotatable bonds is 5. The van der Waals surface area contributed by atoms with Gasteiger partial charge in [0, 0.05) is 6.04 Å². The van der Waals surface area contributed by atoms with Gasteiger partial charge in [-0.3, -0.25) is 4.79 Å². The Balaban J connectivity index is 3.21. The zero-order valence-electron chi connectivity index (χ0n) is 9.55. The van der Waals surface area contributed by atoms with E-state index in [4.69, 9.17) is 16.7 Å². The maximum absolute atomic E-state index is 12.3. The minimum absolute atomic E-state index is 0.0225. The van der Waals surface area contributed by atoms with Crippen molar-refractivity contribution >= 4 is 54.9 Å². The molecule has 9 heteroatoms. The minimum Gasteiger partial charge on any atom is -0.480 e. The van der Waals surface area contributed by atoms with Crippen LogP contribution in [-0.2, 0) is 14.8 Å². The van der Waals surface area contributed by atoms with Gasteiger partial charge in [-0.2, -0.15) is 4.31 Å². The quantitative estimate of drug-likeness (QED) is 0.857. The van der Waals surface area contributed by atoms with Gasteiger partial charge in [-0.1, -0.05) is 11.6 Å². The predicted octanol–water partition coefficient (Wildman–Crippen LogP) is 2.65. The third kappa shape index (κ3) is 3.45. The van der Waals surface area contributed by atoms with Crippen LogP contribution in [-0.4, -0.2) is 36.4 Å².